The summed E-state index contributed by atoms with van der Waals surface area (Å²) in [6.07, 6.45) is 8.21. The zero-order chi connectivity index (χ0) is 13.0. The highest BCUT2D eigenvalue weighted by molar-refractivity contribution is 5.78. The summed E-state index contributed by atoms with van der Waals surface area (Å²) in [6, 6.07) is 0.346. The number of ether oxygens (including phenoxy) is 1. The van der Waals surface area contributed by atoms with Crippen LogP contribution in [0.25, 0.3) is 0 Å². The largest absolute Gasteiger partial charge is 0.395 e. The maximum absolute atomic E-state index is 12.4. The number of amides is 1. The third kappa shape index (κ3) is 2.86. The topological polar surface area (TPSA) is 49.8 Å². The van der Waals surface area contributed by atoms with Crippen LogP contribution < -0.4 is 0 Å². The molecule has 2 rings (SSSR count). The molecule has 2 fully saturated rings. The molecular formula is C14H25NO3. The smallest absolute Gasteiger partial charge is 0.225 e. The summed E-state index contributed by atoms with van der Waals surface area (Å²) in [5, 5.41) is 9.15. The minimum absolute atomic E-state index is 0.0578. The minimum Gasteiger partial charge on any atom is -0.395 e. The van der Waals surface area contributed by atoms with E-state index in [1.807, 2.05) is 4.90 Å². The number of nitrogens with zero attached hydrogens (tertiary/aromatic N) is 1. The Labute approximate surface area is 109 Å². The van der Waals surface area contributed by atoms with Gasteiger partial charge in [0.25, 0.3) is 0 Å². The second-order valence-electron chi connectivity index (χ2n) is 5.67. The van der Waals surface area contributed by atoms with Crippen molar-refractivity contribution in [2.75, 3.05) is 20.3 Å². The van der Waals surface area contributed by atoms with Crippen LogP contribution in [0.5, 0.6) is 0 Å². The van der Waals surface area contributed by atoms with E-state index < -0.39 is 0 Å². The number of methoxy groups -OCH3 is 1. The quantitative estimate of drug-likeness (QED) is 0.786. The summed E-state index contributed by atoms with van der Waals surface area (Å²) in [4.78, 5) is 14.3. The number of aliphatic hydroxyl groups is 1. The monoisotopic (exact) mass is 255 g/mol. The Morgan fingerprint density at radius 2 is 2.00 bits per heavy atom. The van der Waals surface area contributed by atoms with Crippen molar-refractivity contribution in [2.24, 2.45) is 0 Å². The van der Waals surface area contributed by atoms with Gasteiger partial charge in [-0.1, -0.05) is 12.8 Å². The second-order valence-corrected chi connectivity index (χ2v) is 5.67. The molecule has 2 saturated carbocycles. The van der Waals surface area contributed by atoms with Gasteiger partial charge in [-0.2, -0.15) is 0 Å². The molecule has 0 unspecified atom stereocenters. The predicted molar refractivity (Wildman–Crippen MR) is 69.3 cm³/mol. The Kier molecular flexibility index (Phi) is 4.62. The molecular weight excluding hydrogens is 230 g/mol. The van der Waals surface area contributed by atoms with Gasteiger partial charge in [-0.3, -0.25) is 4.79 Å². The lowest BCUT2D eigenvalue weighted by Crippen LogP contribution is -2.48. The molecule has 1 amide bonds. The van der Waals surface area contributed by atoms with Crippen molar-refractivity contribution in [2.45, 2.75) is 63.0 Å². The lowest BCUT2D eigenvalue weighted by molar-refractivity contribution is -0.146. The Morgan fingerprint density at radius 3 is 2.44 bits per heavy atom. The normalized spacial score (nSPS) is 22.8. The van der Waals surface area contributed by atoms with Crippen molar-refractivity contribution in [3.05, 3.63) is 0 Å². The summed E-state index contributed by atoms with van der Waals surface area (Å²) in [6.45, 7) is 0.533. The van der Waals surface area contributed by atoms with E-state index in [1.165, 1.54) is 12.8 Å². The van der Waals surface area contributed by atoms with Crippen molar-refractivity contribution in [3.63, 3.8) is 0 Å². The van der Waals surface area contributed by atoms with Crippen LogP contribution in [0.1, 0.15) is 51.4 Å². The third-order valence-electron chi connectivity index (χ3n) is 4.60. The second kappa shape index (κ2) is 6.02. The number of hydrogen-bond acceptors (Lipinski definition) is 3. The van der Waals surface area contributed by atoms with E-state index in [4.69, 9.17) is 9.84 Å². The summed E-state index contributed by atoms with van der Waals surface area (Å²) >= 11 is 0. The van der Waals surface area contributed by atoms with Gasteiger partial charge in [0.1, 0.15) is 0 Å². The molecule has 0 aromatic carbocycles. The fraction of sp³-hybridized carbons (Fsp3) is 0.929. The molecule has 104 valence electrons. The molecule has 4 heteroatoms. The molecule has 4 nitrogen and oxygen atoms in total. The average molecular weight is 255 g/mol. The first-order chi connectivity index (χ1) is 8.71. The van der Waals surface area contributed by atoms with Gasteiger partial charge in [0, 0.05) is 19.7 Å². The average Bonchev–Trinajstić information content (AvgIpc) is 2.84. The zero-order valence-corrected chi connectivity index (χ0v) is 11.4. The molecule has 0 heterocycles. The van der Waals surface area contributed by atoms with Gasteiger partial charge in [0.15, 0.2) is 0 Å². The maximum Gasteiger partial charge on any atom is 0.225 e. The van der Waals surface area contributed by atoms with Crippen LogP contribution >= 0.6 is 0 Å². The molecule has 0 atom stereocenters. The summed E-state index contributed by atoms with van der Waals surface area (Å²) in [5.74, 6) is 0.164. The van der Waals surface area contributed by atoms with Crippen LogP contribution in [0, 0.1) is 0 Å². The molecule has 0 bridgehead atoms. The van der Waals surface area contributed by atoms with Crippen LogP contribution in [-0.4, -0.2) is 47.8 Å². The van der Waals surface area contributed by atoms with E-state index in [2.05, 4.69) is 0 Å². The van der Waals surface area contributed by atoms with E-state index >= 15 is 0 Å². The summed E-state index contributed by atoms with van der Waals surface area (Å²) < 4.78 is 5.53. The van der Waals surface area contributed by atoms with Crippen molar-refractivity contribution in [3.8, 4) is 0 Å². The molecule has 0 aromatic rings. The van der Waals surface area contributed by atoms with Crippen LogP contribution in [0.2, 0.25) is 0 Å². The van der Waals surface area contributed by atoms with Crippen molar-refractivity contribution >= 4 is 5.91 Å². The van der Waals surface area contributed by atoms with E-state index in [-0.39, 0.29) is 18.1 Å². The van der Waals surface area contributed by atoms with Gasteiger partial charge in [0.2, 0.25) is 5.91 Å². The lowest BCUT2D eigenvalue weighted by atomic mass is 9.77. The number of carbonyl (C=O) groups excluding carboxylic acids is 1. The summed E-state index contributed by atoms with van der Waals surface area (Å²) in [5.41, 5.74) is -0.205. The fourth-order valence-electron chi connectivity index (χ4n) is 3.24. The Hall–Kier alpha value is -0.610. The van der Waals surface area contributed by atoms with Crippen LogP contribution in [0.3, 0.4) is 0 Å². The molecule has 0 spiro atoms. The first-order valence-electron chi connectivity index (χ1n) is 7.16. The molecule has 2 aliphatic carbocycles. The first-order valence-corrected chi connectivity index (χ1v) is 7.16. The van der Waals surface area contributed by atoms with Gasteiger partial charge >= 0.3 is 0 Å². The van der Waals surface area contributed by atoms with Crippen LogP contribution in [0.4, 0.5) is 0 Å². The molecule has 0 aromatic heterocycles. The van der Waals surface area contributed by atoms with Crippen LogP contribution in [0.15, 0.2) is 0 Å². The molecule has 1 N–H and O–H groups in total. The summed E-state index contributed by atoms with van der Waals surface area (Å²) in [7, 11) is 1.71. The fourth-order valence-corrected chi connectivity index (χ4v) is 3.24. The van der Waals surface area contributed by atoms with Gasteiger partial charge in [-0.15, -0.1) is 0 Å². The highest BCUT2D eigenvalue weighted by Crippen LogP contribution is 2.39. The SMILES string of the molecule is COC1(CC(=O)N(CCO)C2CCCC2)CCC1. The van der Waals surface area contributed by atoms with Crippen molar-refractivity contribution < 1.29 is 14.6 Å². The Bertz CT molecular complexity index is 277. The number of hydrogen-bond donors (Lipinski definition) is 1. The lowest BCUT2D eigenvalue weighted by Gasteiger charge is -2.41. The van der Waals surface area contributed by atoms with E-state index in [1.54, 1.807) is 7.11 Å². The molecule has 0 saturated heterocycles. The van der Waals surface area contributed by atoms with E-state index in [9.17, 15) is 4.79 Å². The molecule has 18 heavy (non-hydrogen) atoms. The predicted octanol–water partition coefficient (Wildman–Crippen LogP) is 1.71. The Morgan fingerprint density at radius 1 is 1.33 bits per heavy atom. The molecule has 0 radical (unpaired) electrons. The number of aliphatic hydroxyl groups excluding tert-OH is 1. The Balaban J connectivity index is 1.94. The van der Waals surface area contributed by atoms with Gasteiger partial charge in [-0.25, -0.2) is 0 Å². The zero-order valence-electron chi connectivity index (χ0n) is 11.4. The molecule has 2 aliphatic rings. The van der Waals surface area contributed by atoms with Crippen molar-refractivity contribution in [1.82, 2.24) is 4.90 Å². The number of rotatable bonds is 6. The minimum atomic E-state index is -0.205. The maximum atomic E-state index is 12.4. The number of carbonyl (C=O) groups is 1. The highest BCUT2D eigenvalue weighted by atomic mass is 16.5. The third-order valence-corrected chi connectivity index (χ3v) is 4.60. The molecule has 0 aliphatic heterocycles. The van der Waals surface area contributed by atoms with Crippen molar-refractivity contribution in [1.29, 1.82) is 0 Å². The van der Waals surface area contributed by atoms with Gasteiger partial charge < -0.3 is 14.7 Å². The van der Waals surface area contributed by atoms with Gasteiger partial charge in [0.05, 0.1) is 18.6 Å². The van der Waals surface area contributed by atoms with E-state index in [0.29, 0.717) is 19.0 Å². The van der Waals surface area contributed by atoms with Gasteiger partial charge in [-0.05, 0) is 32.1 Å². The van der Waals surface area contributed by atoms with Crippen LogP contribution in [-0.2, 0) is 9.53 Å². The standard InChI is InChI=1S/C14H25NO3/c1-18-14(7-4-8-14)11-13(17)15(9-10-16)12-5-2-3-6-12/h12,16H,2-11H2,1H3. The first kappa shape index (κ1) is 13.8. The van der Waals surface area contributed by atoms with E-state index in [0.717, 1.165) is 32.1 Å². The highest BCUT2D eigenvalue weighted by Gasteiger charge is 2.41.